The number of aromatic nitrogens is 4. The third kappa shape index (κ3) is 3.66. The Hall–Kier alpha value is -3.42. The Labute approximate surface area is 162 Å². The van der Waals surface area contributed by atoms with E-state index in [1.54, 1.807) is 0 Å². The molecule has 0 aliphatic heterocycles. The van der Waals surface area contributed by atoms with Gasteiger partial charge in [-0.25, -0.2) is 9.48 Å². The monoisotopic (exact) mass is 381 g/mol. The average Bonchev–Trinajstić information content (AvgIpc) is 3.24. The normalized spacial score (nSPS) is 12.0. The number of carboxylic acid groups (broad SMARTS) is 1. The summed E-state index contributed by atoms with van der Waals surface area (Å²) in [5, 5.41) is 20.6. The van der Waals surface area contributed by atoms with Crippen molar-refractivity contribution in [1.29, 1.82) is 0 Å². The minimum absolute atomic E-state index is 0.181. The molecule has 0 radical (unpaired) electrons. The predicted octanol–water partition coefficient (Wildman–Crippen LogP) is 2.95. The second-order valence-electron chi connectivity index (χ2n) is 6.76. The third-order valence-corrected chi connectivity index (χ3v) is 4.83. The van der Waals surface area contributed by atoms with E-state index in [9.17, 15) is 14.7 Å². The summed E-state index contributed by atoms with van der Waals surface area (Å²) in [6, 6.07) is 8.64. The van der Waals surface area contributed by atoms with Crippen LogP contribution in [0.2, 0.25) is 0 Å². The van der Waals surface area contributed by atoms with Gasteiger partial charge in [0, 0.05) is 6.20 Å². The SMILES string of the molecule is Cc1ccccc1Cn1nc(C)c(NC(=O)c2ccnn2C(C)C(=O)O)c1C. The van der Waals surface area contributed by atoms with Crippen LogP contribution in [0.15, 0.2) is 36.5 Å². The number of hydrogen-bond donors (Lipinski definition) is 2. The van der Waals surface area contributed by atoms with E-state index in [0.29, 0.717) is 17.9 Å². The fourth-order valence-electron chi connectivity index (χ4n) is 3.07. The fraction of sp³-hybridized carbons (Fsp3) is 0.300. The number of aliphatic carboxylic acids is 1. The minimum Gasteiger partial charge on any atom is -0.480 e. The molecule has 2 aromatic heterocycles. The van der Waals surface area contributed by atoms with Gasteiger partial charge < -0.3 is 10.4 Å². The lowest BCUT2D eigenvalue weighted by atomic mass is 10.1. The van der Waals surface area contributed by atoms with Crippen molar-refractivity contribution < 1.29 is 14.7 Å². The Morgan fingerprint density at radius 2 is 1.89 bits per heavy atom. The number of nitrogens with zero attached hydrogens (tertiary/aromatic N) is 4. The van der Waals surface area contributed by atoms with Crippen LogP contribution in [0.5, 0.6) is 0 Å². The number of carboxylic acids is 1. The number of amides is 1. The van der Waals surface area contributed by atoms with Crippen molar-refractivity contribution in [2.24, 2.45) is 0 Å². The number of nitrogens with one attached hydrogen (secondary N) is 1. The first-order valence-corrected chi connectivity index (χ1v) is 8.95. The summed E-state index contributed by atoms with van der Waals surface area (Å²) >= 11 is 0. The highest BCUT2D eigenvalue weighted by molar-refractivity contribution is 6.04. The molecule has 1 atom stereocenters. The van der Waals surface area contributed by atoms with Gasteiger partial charge >= 0.3 is 5.97 Å². The lowest BCUT2D eigenvalue weighted by molar-refractivity contribution is -0.140. The Balaban J connectivity index is 1.85. The van der Waals surface area contributed by atoms with Crippen molar-refractivity contribution in [1.82, 2.24) is 19.6 Å². The van der Waals surface area contributed by atoms with E-state index in [0.717, 1.165) is 11.3 Å². The van der Waals surface area contributed by atoms with Gasteiger partial charge in [0.1, 0.15) is 11.7 Å². The molecule has 3 aromatic rings. The van der Waals surface area contributed by atoms with E-state index in [4.69, 9.17) is 0 Å². The van der Waals surface area contributed by atoms with Gasteiger partial charge in [-0.05, 0) is 44.9 Å². The Morgan fingerprint density at radius 3 is 2.57 bits per heavy atom. The summed E-state index contributed by atoms with van der Waals surface area (Å²) in [6.07, 6.45) is 1.41. The number of anilines is 1. The summed E-state index contributed by atoms with van der Waals surface area (Å²) in [7, 11) is 0. The number of benzene rings is 1. The van der Waals surface area contributed by atoms with E-state index < -0.39 is 17.9 Å². The standard InChI is InChI=1S/C20H23N5O3/c1-12-7-5-6-8-16(12)11-24-14(3)18(13(2)23-24)22-19(26)17-9-10-21-25(17)15(4)20(27)28/h5-10,15H,11H2,1-4H3,(H,22,26)(H,27,28). The molecular weight excluding hydrogens is 358 g/mol. The number of carbonyl (C=O) groups excluding carboxylic acids is 1. The Morgan fingerprint density at radius 1 is 1.18 bits per heavy atom. The second-order valence-corrected chi connectivity index (χ2v) is 6.76. The summed E-state index contributed by atoms with van der Waals surface area (Å²) in [5.41, 5.74) is 4.64. The van der Waals surface area contributed by atoms with Crippen LogP contribution in [0.25, 0.3) is 0 Å². The van der Waals surface area contributed by atoms with E-state index in [1.165, 1.54) is 29.4 Å². The number of carbonyl (C=O) groups is 2. The van der Waals surface area contributed by atoms with Crippen molar-refractivity contribution in [2.45, 2.75) is 40.3 Å². The third-order valence-electron chi connectivity index (χ3n) is 4.83. The second kappa shape index (κ2) is 7.67. The summed E-state index contributed by atoms with van der Waals surface area (Å²) < 4.78 is 3.05. The molecule has 0 aliphatic rings. The molecule has 8 heteroatoms. The molecule has 0 aliphatic carbocycles. The maximum absolute atomic E-state index is 12.7. The topological polar surface area (TPSA) is 102 Å². The van der Waals surface area contributed by atoms with Gasteiger partial charge in [-0.3, -0.25) is 9.48 Å². The van der Waals surface area contributed by atoms with Crippen LogP contribution in [0.1, 0.15) is 46.0 Å². The molecule has 3 rings (SSSR count). The highest BCUT2D eigenvalue weighted by Gasteiger charge is 2.23. The first-order valence-electron chi connectivity index (χ1n) is 8.95. The zero-order valence-corrected chi connectivity index (χ0v) is 16.3. The fourth-order valence-corrected chi connectivity index (χ4v) is 3.07. The number of rotatable bonds is 6. The van der Waals surface area contributed by atoms with Crippen molar-refractivity contribution in [3.63, 3.8) is 0 Å². The van der Waals surface area contributed by atoms with Gasteiger partial charge in [0.05, 0.1) is 23.6 Å². The lowest BCUT2D eigenvalue weighted by Gasteiger charge is -2.12. The van der Waals surface area contributed by atoms with E-state index in [-0.39, 0.29) is 5.69 Å². The van der Waals surface area contributed by atoms with Gasteiger partial charge in [-0.1, -0.05) is 24.3 Å². The first-order chi connectivity index (χ1) is 13.3. The molecule has 1 aromatic carbocycles. The molecule has 0 saturated carbocycles. The molecule has 0 spiro atoms. The van der Waals surface area contributed by atoms with Gasteiger partial charge in [0.15, 0.2) is 0 Å². The number of hydrogen-bond acceptors (Lipinski definition) is 4. The van der Waals surface area contributed by atoms with Crippen LogP contribution in [0.3, 0.4) is 0 Å². The van der Waals surface area contributed by atoms with Crippen molar-refractivity contribution in [3.05, 3.63) is 64.7 Å². The van der Waals surface area contributed by atoms with E-state index >= 15 is 0 Å². The summed E-state index contributed by atoms with van der Waals surface area (Å²) in [6.45, 7) is 7.85. The molecular formula is C20H23N5O3. The van der Waals surface area contributed by atoms with Gasteiger partial charge in [-0.15, -0.1) is 0 Å². The average molecular weight is 381 g/mol. The van der Waals surface area contributed by atoms with Crippen LogP contribution in [-0.2, 0) is 11.3 Å². The molecule has 8 nitrogen and oxygen atoms in total. The van der Waals surface area contributed by atoms with E-state index in [2.05, 4.69) is 34.6 Å². The molecule has 146 valence electrons. The molecule has 0 saturated heterocycles. The van der Waals surface area contributed by atoms with Crippen LogP contribution >= 0.6 is 0 Å². The zero-order valence-electron chi connectivity index (χ0n) is 16.3. The maximum atomic E-state index is 12.7. The molecule has 2 heterocycles. The van der Waals surface area contributed by atoms with Gasteiger partial charge in [-0.2, -0.15) is 10.2 Å². The highest BCUT2D eigenvalue weighted by atomic mass is 16.4. The molecule has 0 fully saturated rings. The predicted molar refractivity (Wildman–Crippen MR) is 105 cm³/mol. The summed E-state index contributed by atoms with van der Waals surface area (Å²) in [4.78, 5) is 24.0. The minimum atomic E-state index is -1.06. The van der Waals surface area contributed by atoms with Crippen LogP contribution in [0.4, 0.5) is 5.69 Å². The van der Waals surface area contributed by atoms with Crippen molar-refractivity contribution >= 4 is 17.6 Å². The summed E-state index contributed by atoms with van der Waals surface area (Å²) in [5.74, 6) is -1.48. The van der Waals surface area contributed by atoms with Gasteiger partial charge in [0.25, 0.3) is 5.91 Å². The number of aryl methyl sites for hydroxylation is 2. The van der Waals surface area contributed by atoms with Crippen molar-refractivity contribution in [2.75, 3.05) is 5.32 Å². The highest BCUT2D eigenvalue weighted by Crippen LogP contribution is 2.22. The molecule has 0 bridgehead atoms. The largest absolute Gasteiger partial charge is 0.480 e. The lowest BCUT2D eigenvalue weighted by Crippen LogP contribution is -2.24. The Kier molecular flexibility index (Phi) is 5.30. The molecule has 1 unspecified atom stereocenters. The molecule has 1 amide bonds. The first kappa shape index (κ1) is 19.3. The van der Waals surface area contributed by atoms with Crippen LogP contribution in [-0.4, -0.2) is 36.5 Å². The maximum Gasteiger partial charge on any atom is 0.328 e. The quantitative estimate of drug-likeness (QED) is 0.683. The van der Waals surface area contributed by atoms with Gasteiger partial charge in [0.2, 0.25) is 0 Å². The van der Waals surface area contributed by atoms with Crippen molar-refractivity contribution in [3.8, 4) is 0 Å². The van der Waals surface area contributed by atoms with Crippen LogP contribution in [0, 0.1) is 20.8 Å². The molecule has 28 heavy (non-hydrogen) atoms. The smallest absolute Gasteiger partial charge is 0.328 e. The van der Waals surface area contributed by atoms with E-state index in [1.807, 2.05) is 30.7 Å². The zero-order chi connectivity index (χ0) is 20.4. The molecule has 2 N–H and O–H groups in total. The van der Waals surface area contributed by atoms with Crippen LogP contribution < -0.4 is 5.32 Å². The Bertz CT molecular complexity index is 1030.